The number of likely N-dealkylation sites (tertiary alicyclic amines) is 1. The molecular formula is C14H14ClF3N2O2. The summed E-state index contributed by atoms with van der Waals surface area (Å²) in [7, 11) is 0. The Morgan fingerprint density at radius 3 is 2.55 bits per heavy atom. The molecule has 0 aromatic heterocycles. The quantitative estimate of drug-likeness (QED) is 0.919. The van der Waals surface area contributed by atoms with Crippen LogP contribution in [0.15, 0.2) is 24.3 Å². The van der Waals surface area contributed by atoms with Crippen LogP contribution in [0.2, 0.25) is 5.02 Å². The summed E-state index contributed by atoms with van der Waals surface area (Å²) in [6, 6.07) is 6.82. The number of carbonyl (C=O) groups excluding carboxylic acids is 2. The van der Waals surface area contributed by atoms with E-state index >= 15 is 0 Å². The van der Waals surface area contributed by atoms with Gasteiger partial charge in [-0.2, -0.15) is 13.2 Å². The highest BCUT2D eigenvalue weighted by Crippen LogP contribution is 2.24. The standard InChI is InChI=1S/C14H14ClF3N2O2/c15-11-3-1-9(2-4-11)6-19-13(22)10-5-12(21)20(7-10)8-14(16,17)18/h1-4,10H,5-8H2,(H,19,22)/t10-/m1/s1. The molecule has 1 aliphatic heterocycles. The number of amides is 2. The Labute approximate surface area is 130 Å². The van der Waals surface area contributed by atoms with Gasteiger partial charge in [-0.25, -0.2) is 0 Å². The maximum absolute atomic E-state index is 12.3. The van der Waals surface area contributed by atoms with Crippen molar-refractivity contribution in [2.24, 2.45) is 5.92 Å². The van der Waals surface area contributed by atoms with Gasteiger partial charge in [0.05, 0.1) is 5.92 Å². The van der Waals surface area contributed by atoms with Crippen molar-refractivity contribution in [2.75, 3.05) is 13.1 Å². The van der Waals surface area contributed by atoms with Crippen LogP contribution in [0.4, 0.5) is 13.2 Å². The van der Waals surface area contributed by atoms with Gasteiger partial charge in [0.2, 0.25) is 11.8 Å². The van der Waals surface area contributed by atoms with Gasteiger partial charge in [-0.05, 0) is 17.7 Å². The summed E-state index contributed by atoms with van der Waals surface area (Å²) < 4.78 is 36.9. The lowest BCUT2D eigenvalue weighted by atomic mass is 10.1. The Morgan fingerprint density at radius 1 is 1.32 bits per heavy atom. The molecule has 1 aliphatic rings. The third kappa shape index (κ3) is 4.62. The van der Waals surface area contributed by atoms with E-state index in [1.54, 1.807) is 24.3 Å². The largest absolute Gasteiger partial charge is 0.406 e. The second-order valence-electron chi connectivity index (χ2n) is 5.13. The average molecular weight is 335 g/mol. The zero-order valence-corrected chi connectivity index (χ0v) is 12.2. The lowest BCUT2D eigenvalue weighted by molar-refractivity contribution is -0.157. The summed E-state index contributed by atoms with van der Waals surface area (Å²) in [5.74, 6) is -1.82. The van der Waals surface area contributed by atoms with E-state index in [0.29, 0.717) is 9.92 Å². The highest BCUT2D eigenvalue weighted by Gasteiger charge is 2.40. The van der Waals surface area contributed by atoms with Crippen molar-refractivity contribution in [1.82, 2.24) is 10.2 Å². The summed E-state index contributed by atoms with van der Waals surface area (Å²) in [5.41, 5.74) is 0.814. The summed E-state index contributed by atoms with van der Waals surface area (Å²) in [6.07, 6.45) is -4.65. The molecule has 2 amide bonds. The van der Waals surface area contributed by atoms with Crippen molar-refractivity contribution in [2.45, 2.75) is 19.1 Å². The van der Waals surface area contributed by atoms with Crippen LogP contribution in [0.3, 0.4) is 0 Å². The Kier molecular flexibility index (Phi) is 4.95. The van der Waals surface area contributed by atoms with Crippen LogP contribution in [0.5, 0.6) is 0 Å². The molecule has 120 valence electrons. The molecule has 1 aromatic carbocycles. The van der Waals surface area contributed by atoms with Crippen LogP contribution < -0.4 is 5.32 Å². The Bertz CT molecular complexity index is 560. The molecule has 2 rings (SSSR count). The molecule has 1 fully saturated rings. The summed E-state index contributed by atoms with van der Waals surface area (Å²) in [5, 5.41) is 3.19. The Morgan fingerprint density at radius 2 is 1.95 bits per heavy atom. The minimum absolute atomic E-state index is 0.192. The van der Waals surface area contributed by atoms with Crippen molar-refractivity contribution < 1.29 is 22.8 Å². The highest BCUT2D eigenvalue weighted by atomic mass is 35.5. The molecule has 1 N–H and O–H groups in total. The number of hydrogen-bond donors (Lipinski definition) is 1. The molecule has 0 bridgehead atoms. The molecule has 1 atom stereocenters. The lowest BCUT2D eigenvalue weighted by Gasteiger charge is -2.18. The number of nitrogens with zero attached hydrogens (tertiary/aromatic N) is 1. The van der Waals surface area contributed by atoms with Gasteiger partial charge in [0.15, 0.2) is 0 Å². The van der Waals surface area contributed by atoms with E-state index in [4.69, 9.17) is 11.6 Å². The van der Waals surface area contributed by atoms with E-state index in [-0.39, 0.29) is 19.5 Å². The molecule has 4 nitrogen and oxygen atoms in total. The van der Waals surface area contributed by atoms with Crippen LogP contribution >= 0.6 is 11.6 Å². The molecule has 22 heavy (non-hydrogen) atoms. The highest BCUT2D eigenvalue weighted by molar-refractivity contribution is 6.30. The number of carbonyl (C=O) groups is 2. The molecule has 8 heteroatoms. The predicted octanol–water partition coefficient (Wildman–Crippen LogP) is 2.37. The Balaban J connectivity index is 1.86. The van der Waals surface area contributed by atoms with E-state index in [1.807, 2.05) is 0 Å². The van der Waals surface area contributed by atoms with Gasteiger partial charge in [0.25, 0.3) is 0 Å². The normalized spacial score (nSPS) is 18.6. The molecule has 0 aliphatic carbocycles. The van der Waals surface area contributed by atoms with Gasteiger partial charge >= 0.3 is 6.18 Å². The van der Waals surface area contributed by atoms with Crippen LogP contribution in [0.1, 0.15) is 12.0 Å². The fourth-order valence-electron chi connectivity index (χ4n) is 2.25. The van der Waals surface area contributed by atoms with Gasteiger partial charge in [0, 0.05) is 24.5 Å². The summed E-state index contributed by atoms with van der Waals surface area (Å²) in [6.45, 7) is -1.28. The maximum Gasteiger partial charge on any atom is 0.406 e. The van der Waals surface area contributed by atoms with Gasteiger partial charge in [-0.15, -0.1) is 0 Å². The molecular weight excluding hydrogens is 321 g/mol. The van der Waals surface area contributed by atoms with Gasteiger partial charge in [0.1, 0.15) is 6.54 Å². The molecule has 0 saturated carbocycles. The van der Waals surface area contributed by atoms with E-state index in [2.05, 4.69) is 5.32 Å². The fraction of sp³-hybridized carbons (Fsp3) is 0.429. The number of nitrogens with one attached hydrogen (secondary N) is 1. The van der Waals surface area contributed by atoms with E-state index in [1.165, 1.54) is 0 Å². The van der Waals surface area contributed by atoms with Crippen LogP contribution in [0.25, 0.3) is 0 Å². The molecule has 0 radical (unpaired) electrons. The van der Waals surface area contributed by atoms with E-state index in [0.717, 1.165) is 5.56 Å². The molecule has 1 saturated heterocycles. The third-order valence-electron chi connectivity index (χ3n) is 3.34. The second kappa shape index (κ2) is 6.56. The van der Waals surface area contributed by atoms with Crippen molar-refractivity contribution in [3.05, 3.63) is 34.9 Å². The molecule has 0 spiro atoms. The maximum atomic E-state index is 12.3. The van der Waals surface area contributed by atoms with Crippen molar-refractivity contribution in [3.8, 4) is 0 Å². The zero-order chi connectivity index (χ0) is 16.3. The predicted molar refractivity (Wildman–Crippen MR) is 74.0 cm³/mol. The minimum atomic E-state index is -4.45. The van der Waals surface area contributed by atoms with Crippen LogP contribution in [-0.4, -0.2) is 36.0 Å². The lowest BCUT2D eigenvalue weighted by Crippen LogP contribution is -2.37. The monoisotopic (exact) mass is 334 g/mol. The van der Waals surface area contributed by atoms with Gasteiger partial charge in [-0.1, -0.05) is 23.7 Å². The first-order valence-electron chi connectivity index (χ1n) is 6.61. The van der Waals surface area contributed by atoms with E-state index < -0.39 is 30.5 Å². The first-order chi connectivity index (χ1) is 10.2. The zero-order valence-electron chi connectivity index (χ0n) is 11.5. The number of halogens is 4. The van der Waals surface area contributed by atoms with Crippen molar-refractivity contribution in [1.29, 1.82) is 0 Å². The second-order valence-corrected chi connectivity index (χ2v) is 5.57. The topological polar surface area (TPSA) is 49.4 Å². The van der Waals surface area contributed by atoms with Crippen molar-refractivity contribution in [3.63, 3.8) is 0 Å². The first kappa shape index (κ1) is 16.6. The number of rotatable bonds is 4. The molecule has 1 aromatic rings. The SMILES string of the molecule is O=C(NCc1ccc(Cl)cc1)[C@@H]1CC(=O)N(CC(F)(F)F)C1. The number of alkyl halides is 3. The van der Waals surface area contributed by atoms with Gasteiger partial charge < -0.3 is 10.2 Å². The molecule has 1 heterocycles. The average Bonchev–Trinajstić information content (AvgIpc) is 2.77. The number of benzene rings is 1. The molecule has 0 unspecified atom stereocenters. The van der Waals surface area contributed by atoms with Crippen LogP contribution in [-0.2, 0) is 16.1 Å². The fourth-order valence-corrected chi connectivity index (χ4v) is 2.38. The summed E-state index contributed by atoms with van der Waals surface area (Å²) in [4.78, 5) is 24.1. The smallest absolute Gasteiger partial charge is 0.352 e. The van der Waals surface area contributed by atoms with Crippen molar-refractivity contribution >= 4 is 23.4 Å². The number of hydrogen-bond acceptors (Lipinski definition) is 2. The third-order valence-corrected chi connectivity index (χ3v) is 3.59. The summed E-state index contributed by atoms with van der Waals surface area (Å²) >= 11 is 5.74. The van der Waals surface area contributed by atoms with Crippen LogP contribution in [0, 0.1) is 5.92 Å². The Hall–Kier alpha value is -1.76. The first-order valence-corrected chi connectivity index (χ1v) is 6.99. The van der Waals surface area contributed by atoms with Gasteiger partial charge in [-0.3, -0.25) is 9.59 Å². The van der Waals surface area contributed by atoms with E-state index in [9.17, 15) is 22.8 Å². The minimum Gasteiger partial charge on any atom is -0.352 e.